The predicted octanol–water partition coefficient (Wildman–Crippen LogP) is 9.38. The van der Waals surface area contributed by atoms with Crippen LogP contribution < -0.4 is 5.73 Å². The first-order valence-corrected chi connectivity index (χ1v) is 13.3. The molecule has 4 aromatic carbocycles. The zero-order chi connectivity index (χ0) is 31.1. The van der Waals surface area contributed by atoms with Gasteiger partial charge in [-0.3, -0.25) is 4.79 Å². The standard InChI is InChI=1S/C31H19Cl2F6N3O/c32-24-7-3-1-5-22(24)26-27(23-6-2-4-8-25(23)33)42(16-17-9-11-18(12-10-17)28(40)43)29(41-26)19-13-20(30(34,35)36)15-21(14-19)31(37,38)39/h1-15H,16H2,(H2,40,43). The number of rotatable bonds is 6. The van der Waals surface area contributed by atoms with Crippen molar-refractivity contribution in [2.45, 2.75) is 18.9 Å². The number of nitrogens with zero attached hydrogens (tertiary/aromatic N) is 2. The fourth-order valence-electron chi connectivity index (χ4n) is 4.64. The molecule has 12 heteroatoms. The SMILES string of the molecule is NC(=O)c1ccc(Cn2c(-c3cc(C(F)(F)F)cc(C(F)(F)F)c3)nc(-c3ccccc3Cl)c2-c2ccccc2Cl)cc1. The number of primary amides is 1. The van der Waals surface area contributed by atoms with Gasteiger partial charge in [-0.2, -0.15) is 26.3 Å². The summed E-state index contributed by atoms with van der Waals surface area (Å²) in [4.78, 5) is 16.2. The highest BCUT2D eigenvalue weighted by atomic mass is 35.5. The molecule has 0 spiro atoms. The average molecular weight is 634 g/mol. The minimum absolute atomic E-state index is 0.0588. The summed E-state index contributed by atoms with van der Waals surface area (Å²) in [6.07, 6.45) is -10.1. The number of nitrogens with two attached hydrogens (primary N) is 1. The van der Waals surface area contributed by atoms with Crippen molar-refractivity contribution >= 4 is 29.1 Å². The van der Waals surface area contributed by atoms with E-state index in [2.05, 4.69) is 4.98 Å². The number of alkyl halides is 6. The quantitative estimate of drug-likeness (QED) is 0.189. The third kappa shape index (κ3) is 6.25. The van der Waals surface area contributed by atoms with E-state index in [1.165, 1.54) is 16.7 Å². The van der Waals surface area contributed by atoms with Crippen molar-refractivity contribution in [2.75, 3.05) is 0 Å². The molecule has 220 valence electrons. The molecule has 0 saturated carbocycles. The van der Waals surface area contributed by atoms with E-state index in [4.69, 9.17) is 28.9 Å². The third-order valence-electron chi connectivity index (χ3n) is 6.65. The highest BCUT2D eigenvalue weighted by Gasteiger charge is 2.38. The molecule has 1 aromatic heterocycles. The van der Waals surface area contributed by atoms with Gasteiger partial charge in [0.15, 0.2) is 0 Å². The van der Waals surface area contributed by atoms with Gasteiger partial charge in [0.1, 0.15) is 5.82 Å². The maximum atomic E-state index is 13.9. The molecule has 0 aliphatic heterocycles. The van der Waals surface area contributed by atoms with Crippen LogP contribution in [0.2, 0.25) is 10.0 Å². The van der Waals surface area contributed by atoms with Crippen LogP contribution in [0.4, 0.5) is 26.3 Å². The molecule has 1 amide bonds. The van der Waals surface area contributed by atoms with Crippen molar-refractivity contribution in [3.63, 3.8) is 0 Å². The van der Waals surface area contributed by atoms with Crippen molar-refractivity contribution in [2.24, 2.45) is 5.73 Å². The van der Waals surface area contributed by atoms with Crippen molar-refractivity contribution in [3.8, 4) is 33.9 Å². The Hall–Kier alpha value is -4.28. The summed E-state index contributed by atoms with van der Waals surface area (Å²) in [5.41, 5.74) is 3.99. The number of aromatic nitrogens is 2. The largest absolute Gasteiger partial charge is 0.416 e. The van der Waals surface area contributed by atoms with E-state index >= 15 is 0 Å². The fraction of sp³-hybridized carbons (Fsp3) is 0.0968. The molecule has 0 unspecified atom stereocenters. The zero-order valence-corrected chi connectivity index (χ0v) is 23.3. The van der Waals surface area contributed by atoms with E-state index in [0.29, 0.717) is 34.5 Å². The van der Waals surface area contributed by atoms with Crippen LogP contribution in [0.1, 0.15) is 27.0 Å². The minimum Gasteiger partial charge on any atom is -0.366 e. The number of hydrogen-bond acceptors (Lipinski definition) is 2. The second-order valence-corrected chi connectivity index (χ2v) is 10.3. The van der Waals surface area contributed by atoms with Crippen molar-refractivity contribution in [1.82, 2.24) is 9.55 Å². The van der Waals surface area contributed by atoms with E-state index in [0.717, 1.165) is 0 Å². The van der Waals surface area contributed by atoms with Crippen LogP contribution in [0.3, 0.4) is 0 Å². The summed E-state index contributed by atoms with van der Waals surface area (Å²) in [7, 11) is 0. The lowest BCUT2D eigenvalue weighted by molar-refractivity contribution is -0.143. The van der Waals surface area contributed by atoms with E-state index in [-0.39, 0.29) is 39.7 Å². The van der Waals surface area contributed by atoms with Crippen molar-refractivity contribution in [3.05, 3.63) is 123 Å². The number of amides is 1. The summed E-state index contributed by atoms with van der Waals surface area (Å²) in [5, 5.41) is 0.505. The molecule has 0 bridgehead atoms. The summed E-state index contributed by atoms with van der Waals surface area (Å²) in [6, 6.07) is 20.5. The summed E-state index contributed by atoms with van der Waals surface area (Å²) in [6.45, 7) is -0.0794. The second-order valence-electron chi connectivity index (χ2n) is 9.53. The van der Waals surface area contributed by atoms with Crippen molar-refractivity contribution in [1.29, 1.82) is 0 Å². The third-order valence-corrected chi connectivity index (χ3v) is 7.31. The number of carbonyl (C=O) groups excluding carboxylic acids is 1. The molecule has 0 aliphatic rings. The smallest absolute Gasteiger partial charge is 0.366 e. The molecule has 4 nitrogen and oxygen atoms in total. The molecule has 0 aliphatic carbocycles. The predicted molar refractivity (Wildman–Crippen MR) is 153 cm³/mol. The van der Waals surface area contributed by atoms with E-state index < -0.39 is 35.0 Å². The first kappa shape index (κ1) is 30.2. The lowest BCUT2D eigenvalue weighted by Crippen LogP contribution is -2.12. The normalized spacial score (nSPS) is 12.0. The van der Waals surface area contributed by atoms with Gasteiger partial charge >= 0.3 is 12.4 Å². The number of hydrogen-bond donors (Lipinski definition) is 1. The minimum atomic E-state index is -5.07. The van der Waals surface area contributed by atoms with Gasteiger partial charge in [0.25, 0.3) is 0 Å². The second kappa shape index (κ2) is 11.4. The van der Waals surface area contributed by atoms with Gasteiger partial charge in [-0.25, -0.2) is 4.98 Å². The Balaban J connectivity index is 1.88. The van der Waals surface area contributed by atoms with Crippen LogP contribution in [0.5, 0.6) is 0 Å². The Morgan fingerprint density at radius 1 is 0.744 bits per heavy atom. The van der Waals surface area contributed by atoms with Gasteiger partial charge in [0, 0.05) is 33.8 Å². The number of imidazole rings is 1. The molecule has 5 aromatic rings. The molecule has 1 heterocycles. The van der Waals surface area contributed by atoms with Crippen LogP contribution in [0.25, 0.3) is 33.9 Å². The molecule has 0 fully saturated rings. The van der Waals surface area contributed by atoms with Crippen LogP contribution >= 0.6 is 23.2 Å². The number of carbonyl (C=O) groups is 1. The molecular formula is C31H19Cl2F6N3O. The Morgan fingerprint density at radius 3 is 1.74 bits per heavy atom. The van der Waals surface area contributed by atoms with Crippen LogP contribution in [0, 0.1) is 0 Å². The molecule has 5 rings (SSSR count). The highest BCUT2D eigenvalue weighted by Crippen LogP contribution is 2.44. The monoisotopic (exact) mass is 633 g/mol. The summed E-state index contributed by atoms with van der Waals surface area (Å²) < 4.78 is 84.6. The summed E-state index contributed by atoms with van der Waals surface area (Å²) >= 11 is 13.1. The molecule has 2 N–H and O–H groups in total. The topological polar surface area (TPSA) is 60.9 Å². The van der Waals surface area contributed by atoms with Gasteiger partial charge in [0.2, 0.25) is 5.91 Å². The molecule has 0 radical (unpaired) electrons. The van der Waals surface area contributed by atoms with E-state index in [9.17, 15) is 31.1 Å². The van der Waals surface area contributed by atoms with Gasteiger partial charge in [0.05, 0.1) is 27.5 Å². The van der Waals surface area contributed by atoms with E-state index in [1.54, 1.807) is 60.7 Å². The summed E-state index contributed by atoms with van der Waals surface area (Å²) in [5.74, 6) is -0.864. The number of benzene rings is 4. The van der Waals surface area contributed by atoms with Gasteiger partial charge in [-0.15, -0.1) is 0 Å². The van der Waals surface area contributed by atoms with Gasteiger partial charge in [-0.1, -0.05) is 71.7 Å². The molecule has 43 heavy (non-hydrogen) atoms. The maximum Gasteiger partial charge on any atom is 0.416 e. The van der Waals surface area contributed by atoms with Gasteiger partial charge in [-0.05, 0) is 48.0 Å². The van der Waals surface area contributed by atoms with Crippen molar-refractivity contribution < 1.29 is 31.1 Å². The Labute approximate surface area is 251 Å². The maximum absolute atomic E-state index is 13.9. The fourth-order valence-corrected chi connectivity index (χ4v) is 5.09. The molecular weight excluding hydrogens is 615 g/mol. The lowest BCUT2D eigenvalue weighted by atomic mass is 10.0. The zero-order valence-electron chi connectivity index (χ0n) is 21.8. The van der Waals surface area contributed by atoms with Crippen LogP contribution in [0.15, 0.2) is 91.0 Å². The first-order chi connectivity index (χ1) is 20.2. The van der Waals surface area contributed by atoms with Gasteiger partial charge < -0.3 is 10.3 Å². The average Bonchev–Trinajstić information content (AvgIpc) is 3.31. The number of halogens is 8. The Kier molecular flexibility index (Phi) is 8.02. The van der Waals surface area contributed by atoms with E-state index in [1.807, 2.05) is 0 Å². The highest BCUT2D eigenvalue weighted by molar-refractivity contribution is 6.34. The van der Waals surface area contributed by atoms with Crippen LogP contribution in [-0.4, -0.2) is 15.5 Å². The molecule has 0 saturated heterocycles. The lowest BCUT2D eigenvalue weighted by Gasteiger charge is -2.17. The van der Waals surface area contributed by atoms with Crippen LogP contribution in [-0.2, 0) is 18.9 Å². The Bertz CT molecular complexity index is 1800. The molecule has 0 atom stereocenters. The first-order valence-electron chi connectivity index (χ1n) is 12.5. The Morgan fingerprint density at radius 2 is 1.26 bits per heavy atom.